The van der Waals surface area contributed by atoms with Crippen LogP contribution in [0.3, 0.4) is 0 Å². The second-order valence-corrected chi connectivity index (χ2v) is 5.68. The van der Waals surface area contributed by atoms with Crippen molar-refractivity contribution in [2.24, 2.45) is 11.7 Å². The molecule has 14 heavy (non-hydrogen) atoms. The van der Waals surface area contributed by atoms with Crippen LogP contribution in [0, 0.1) is 5.92 Å². The standard InChI is InChI=1S/C10H22N2OS/c1-8(5-11)6-14-7-9(13)12-10(2,3)4/h8H,5-7,11H2,1-4H3,(H,12,13). The molecule has 4 heteroatoms. The second-order valence-electron chi connectivity index (χ2n) is 4.65. The van der Waals surface area contributed by atoms with E-state index in [1.807, 2.05) is 20.8 Å². The molecule has 0 saturated heterocycles. The number of carbonyl (C=O) groups excluding carboxylic acids is 1. The van der Waals surface area contributed by atoms with Gasteiger partial charge >= 0.3 is 0 Å². The van der Waals surface area contributed by atoms with E-state index in [4.69, 9.17) is 5.73 Å². The Morgan fingerprint density at radius 3 is 2.50 bits per heavy atom. The van der Waals surface area contributed by atoms with Gasteiger partial charge < -0.3 is 11.1 Å². The molecule has 0 radical (unpaired) electrons. The van der Waals surface area contributed by atoms with Crippen molar-refractivity contribution in [3.05, 3.63) is 0 Å². The van der Waals surface area contributed by atoms with E-state index >= 15 is 0 Å². The summed E-state index contributed by atoms with van der Waals surface area (Å²) in [5.41, 5.74) is 5.35. The van der Waals surface area contributed by atoms with Gasteiger partial charge in [-0.1, -0.05) is 6.92 Å². The monoisotopic (exact) mass is 218 g/mol. The van der Waals surface area contributed by atoms with Crippen LogP contribution >= 0.6 is 11.8 Å². The maximum Gasteiger partial charge on any atom is 0.230 e. The Balaban J connectivity index is 3.55. The van der Waals surface area contributed by atoms with Gasteiger partial charge in [-0.2, -0.15) is 11.8 Å². The van der Waals surface area contributed by atoms with E-state index in [0.717, 1.165) is 5.75 Å². The van der Waals surface area contributed by atoms with Crippen molar-refractivity contribution in [1.82, 2.24) is 5.32 Å². The molecular formula is C10H22N2OS. The molecule has 0 aliphatic heterocycles. The number of hydrogen-bond acceptors (Lipinski definition) is 3. The summed E-state index contributed by atoms with van der Waals surface area (Å²) in [5.74, 6) is 2.07. The van der Waals surface area contributed by atoms with Gasteiger partial charge in [-0.05, 0) is 39.0 Å². The average molecular weight is 218 g/mol. The lowest BCUT2D eigenvalue weighted by Crippen LogP contribution is -2.41. The topological polar surface area (TPSA) is 55.1 Å². The Hall–Kier alpha value is -0.220. The first-order valence-electron chi connectivity index (χ1n) is 4.94. The lowest BCUT2D eigenvalue weighted by atomic mass is 10.1. The SMILES string of the molecule is CC(CN)CSCC(=O)NC(C)(C)C. The van der Waals surface area contributed by atoms with Crippen LogP contribution in [0.2, 0.25) is 0 Å². The molecule has 0 aliphatic rings. The first-order chi connectivity index (χ1) is 6.35. The second kappa shape index (κ2) is 6.30. The maximum atomic E-state index is 11.4. The van der Waals surface area contributed by atoms with Gasteiger partial charge in [0.05, 0.1) is 5.75 Å². The van der Waals surface area contributed by atoms with E-state index < -0.39 is 0 Å². The first kappa shape index (κ1) is 13.8. The van der Waals surface area contributed by atoms with Crippen LogP contribution in [0.5, 0.6) is 0 Å². The maximum absolute atomic E-state index is 11.4. The summed E-state index contributed by atoms with van der Waals surface area (Å²) in [4.78, 5) is 11.4. The Bertz CT molecular complexity index is 177. The van der Waals surface area contributed by atoms with Gasteiger partial charge in [0.25, 0.3) is 0 Å². The number of rotatable bonds is 5. The third-order valence-corrected chi connectivity index (χ3v) is 2.82. The Morgan fingerprint density at radius 1 is 1.50 bits per heavy atom. The van der Waals surface area contributed by atoms with E-state index in [-0.39, 0.29) is 11.4 Å². The first-order valence-corrected chi connectivity index (χ1v) is 6.09. The number of nitrogens with one attached hydrogen (secondary N) is 1. The van der Waals surface area contributed by atoms with Crippen LogP contribution in [0.15, 0.2) is 0 Å². The molecule has 0 aromatic heterocycles. The minimum atomic E-state index is -0.128. The van der Waals surface area contributed by atoms with Gasteiger partial charge in [0.2, 0.25) is 5.91 Å². The lowest BCUT2D eigenvalue weighted by molar-refractivity contribution is -0.119. The molecule has 0 aliphatic carbocycles. The number of nitrogens with two attached hydrogens (primary N) is 1. The number of hydrogen-bond donors (Lipinski definition) is 2. The molecule has 0 spiro atoms. The van der Waals surface area contributed by atoms with E-state index in [0.29, 0.717) is 18.2 Å². The Kier molecular flexibility index (Phi) is 6.20. The summed E-state index contributed by atoms with van der Waals surface area (Å²) < 4.78 is 0. The highest BCUT2D eigenvalue weighted by Crippen LogP contribution is 2.07. The molecule has 1 amide bonds. The smallest absolute Gasteiger partial charge is 0.230 e. The zero-order valence-electron chi connectivity index (χ0n) is 9.59. The minimum Gasteiger partial charge on any atom is -0.351 e. The molecule has 0 bridgehead atoms. The van der Waals surface area contributed by atoms with Gasteiger partial charge in [-0.25, -0.2) is 0 Å². The van der Waals surface area contributed by atoms with Crippen molar-refractivity contribution in [1.29, 1.82) is 0 Å². The van der Waals surface area contributed by atoms with E-state index in [2.05, 4.69) is 12.2 Å². The van der Waals surface area contributed by atoms with Gasteiger partial charge in [0, 0.05) is 5.54 Å². The third kappa shape index (κ3) is 8.38. The average Bonchev–Trinajstić information content (AvgIpc) is 2.00. The van der Waals surface area contributed by atoms with E-state index in [1.54, 1.807) is 11.8 Å². The van der Waals surface area contributed by atoms with Gasteiger partial charge in [0.15, 0.2) is 0 Å². The van der Waals surface area contributed by atoms with Crippen molar-refractivity contribution in [3.63, 3.8) is 0 Å². The molecule has 0 saturated carbocycles. The molecule has 0 rings (SSSR count). The van der Waals surface area contributed by atoms with Gasteiger partial charge in [-0.15, -0.1) is 0 Å². The predicted molar refractivity (Wildman–Crippen MR) is 63.4 cm³/mol. The molecule has 0 heterocycles. The highest BCUT2D eigenvalue weighted by atomic mass is 32.2. The molecule has 0 aromatic carbocycles. The van der Waals surface area contributed by atoms with Crippen LogP contribution in [0.25, 0.3) is 0 Å². The number of carbonyl (C=O) groups is 1. The zero-order chi connectivity index (χ0) is 11.2. The highest BCUT2D eigenvalue weighted by molar-refractivity contribution is 7.99. The summed E-state index contributed by atoms with van der Waals surface area (Å²) >= 11 is 1.64. The van der Waals surface area contributed by atoms with Crippen LogP contribution in [0.4, 0.5) is 0 Å². The normalized spacial score (nSPS) is 13.8. The largest absolute Gasteiger partial charge is 0.351 e. The molecule has 3 nitrogen and oxygen atoms in total. The van der Waals surface area contributed by atoms with Gasteiger partial charge in [0.1, 0.15) is 0 Å². The van der Waals surface area contributed by atoms with Crippen LogP contribution in [0.1, 0.15) is 27.7 Å². The van der Waals surface area contributed by atoms with Crippen molar-refractivity contribution in [2.45, 2.75) is 33.2 Å². The van der Waals surface area contributed by atoms with Crippen molar-refractivity contribution >= 4 is 17.7 Å². The predicted octanol–water partition coefficient (Wildman–Crippen LogP) is 1.23. The Morgan fingerprint density at radius 2 is 2.07 bits per heavy atom. The molecule has 0 fully saturated rings. The minimum absolute atomic E-state index is 0.103. The van der Waals surface area contributed by atoms with Crippen molar-refractivity contribution in [3.8, 4) is 0 Å². The fourth-order valence-corrected chi connectivity index (χ4v) is 1.79. The van der Waals surface area contributed by atoms with Crippen LogP contribution in [-0.2, 0) is 4.79 Å². The van der Waals surface area contributed by atoms with E-state index in [9.17, 15) is 4.79 Å². The molecule has 84 valence electrons. The fourth-order valence-electron chi connectivity index (χ4n) is 0.875. The quantitative estimate of drug-likeness (QED) is 0.730. The highest BCUT2D eigenvalue weighted by Gasteiger charge is 2.13. The molecule has 1 unspecified atom stereocenters. The zero-order valence-corrected chi connectivity index (χ0v) is 10.4. The lowest BCUT2D eigenvalue weighted by Gasteiger charge is -2.20. The number of thioether (sulfide) groups is 1. The summed E-state index contributed by atoms with van der Waals surface area (Å²) in [7, 11) is 0. The molecular weight excluding hydrogens is 196 g/mol. The van der Waals surface area contributed by atoms with E-state index in [1.165, 1.54) is 0 Å². The summed E-state index contributed by atoms with van der Waals surface area (Å²) in [6.45, 7) is 8.73. The van der Waals surface area contributed by atoms with Crippen LogP contribution in [-0.4, -0.2) is 29.5 Å². The number of amides is 1. The molecule has 3 N–H and O–H groups in total. The van der Waals surface area contributed by atoms with Crippen molar-refractivity contribution < 1.29 is 4.79 Å². The van der Waals surface area contributed by atoms with Gasteiger partial charge in [-0.3, -0.25) is 4.79 Å². The summed E-state index contributed by atoms with van der Waals surface area (Å²) in [6, 6.07) is 0. The summed E-state index contributed by atoms with van der Waals surface area (Å²) in [5, 5.41) is 2.92. The van der Waals surface area contributed by atoms with Crippen LogP contribution < -0.4 is 11.1 Å². The summed E-state index contributed by atoms with van der Waals surface area (Å²) in [6.07, 6.45) is 0. The molecule has 0 aromatic rings. The fraction of sp³-hybridized carbons (Fsp3) is 0.900. The third-order valence-electron chi connectivity index (χ3n) is 1.55. The Labute approximate surface area is 91.2 Å². The van der Waals surface area contributed by atoms with Crippen molar-refractivity contribution in [2.75, 3.05) is 18.1 Å². The molecule has 1 atom stereocenters.